The van der Waals surface area contributed by atoms with Gasteiger partial charge in [-0.3, -0.25) is 14.6 Å². The van der Waals surface area contributed by atoms with Gasteiger partial charge in [0.25, 0.3) is 5.91 Å². The van der Waals surface area contributed by atoms with Crippen LogP contribution in [0.15, 0.2) is 18.6 Å². The number of aromatic nitrogens is 2. The molecule has 1 amide bonds. The second kappa shape index (κ2) is 5.57. The molecule has 0 aliphatic carbocycles. The highest BCUT2D eigenvalue weighted by Crippen LogP contribution is 2.19. The first-order chi connectivity index (χ1) is 8.72. The maximum absolute atomic E-state index is 12.1. The molecule has 0 saturated carbocycles. The minimum atomic E-state index is -0.193. The third kappa shape index (κ3) is 2.64. The van der Waals surface area contributed by atoms with Gasteiger partial charge in [-0.2, -0.15) is 0 Å². The molecule has 18 heavy (non-hydrogen) atoms. The predicted octanol–water partition coefficient (Wildman–Crippen LogP) is 0.502. The smallest absolute Gasteiger partial charge is 0.308 e. The summed E-state index contributed by atoms with van der Waals surface area (Å²) in [6, 6.07) is 0. The van der Waals surface area contributed by atoms with E-state index < -0.39 is 0 Å². The molecule has 6 heteroatoms. The maximum atomic E-state index is 12.1. The van der Waals surface area contributed by atoms with Gasteiger partial charge in [0.2, 0.25) is 0 Å². The number of amides is 1. The number of rotatable bonds is 2. The molecule has 1 aliphatic heterocycles. The molecule has 1 aromatic heterocycles. The van der Waals surface area contributed by atoms with Crippen LogP contribution in [0.4, 0.5) is 0 Å². The number of carbonyl (C=O) groups is 2. The second-order valence-electron chi connectivity index (χ2n) is 4.18. The molecule has 1 saturated heterocycles. The molecule has 0 atom stereocenters. The van der Waals surface area contributed by atoms with Crippen molar-refractivity contribution in [3.63, 3.8) is 0 Å². The van der Waals surface area contributed by atoms with Crippen molar-refractivity contribution >= 4 is 11.9 Å². The lowest BCUT2D eigenvalue weighted by atomic mass is 9.97. The molecule has 2 heterocycles. The van der Waals surface area contributed by atoms with E-state index in [-0.39, 0.29) is 17.8 Å². The van der Waals surface area contributed by atoms with E-state index in [1.165, 1.54) is 25.7 Å². The lowest BCUT2D eigenvalue weighted by molar-refractivity contribution is -0.146. The van der Waals surface area contributed by atoms with Crippen molar-refractivity contribution in [2.24, 2.45) is 5.92 Å². The van der Waals surface area contributed by atoms with Gasteiger partial charge < -0.3 is 9.64 Å². The number of likely N-dealkylation sites (tertiary alicyclic amines) is 1. The van der Waals surface area contributed by atoms with Gasteiger partial charge in [0, 0.05) is 25.5 Å². The molecule has 1 aliphatic rings. The van der Waals surface area contributed by atoms with Gasteiger partial charge in [-0.1, -0.05) is 0 Å². The number of hydrogen-bond acceptors (Lipinski definition) is 5. The largest absolute Gasteiger partial charge is 0.469 e. The van der Waals surface area contributed by atoms with Crippen molar-refractivity contribution in [3.05, 3.63) is 24.3 Å². The molecule has 0 bridgehead atoms. The number of nitrogens with zero attached hydrogens (tertiary/aromatic N) is 3. The lowest BCUT2D eigenvalue weighted by Gasteiger charge is -2.30. The Hall–Kier alpha value is -1.98. The molecule has 96 valence electrons. The number of carbonyl (C=O) groups excluding carboxylic acids is 2. The number of piperidine rings is 1. The van der Waals surface area contributed by atoms with Gasteiger partial charge in [-0.15, -0.1) is 0 Å². The van der Waals surface area contributed by atoms with Gasteiger partial charge in [0.05, 0.1) is 19.2 Å². The van der Waals surface area contributed by atoms with Crippen LogP contribution in [-0.2, 0) is 9.53 Å². The van der Waals surface area contributed by atoms with Crippen molar-refractivity contribution in [3.8, 4) is 0 Å². The van der Waals surface area contributed by atoms with Crippen molar-refractivity contribution in [1.29, 1.82) is 0 Å². The average Bonchev–Trinajstić information content (AvgIpc) is 2.47. The van der Waals surface area contributed by atoms with Crippen LogP contribution in [0.3, 0.4) is 0 Å². The Morgan fingerprint density at radius 2 is 2.06 bits per heavy atom. The van der Waals surface area contributed by atoms with E-state index in [1.807, 2.05) is 0 Å². The zero-order valence-corrected chi connectivity index (χ0v) is 10.2. The van der Waals surface area contributed by atoms with Crippen LogP contribution in [0.5, 0.6) is 0 Å². The molecule has 0 spiro atoms. The minimum Gasteiger partial charge on any atom is -0.469 e. The van der Waals surface area contributed by atoms with E-state index in [4.69, 9.17) is 4.74 Å². The summed E-state index contributed by atoms with van der Waals surface area (Å²) in [6.07, 6.45) is 5.75. The van der Waals surface area contributed by atoms with Crippen LogP contribution in [0.1, 0.15) is 23.3 Å². The van der Waals surface area contributed by atoms with E-state index in [2.05, 4.69) is 9.97 Å². The standard InChI is InChI=1S/C12H15N3O3/c1-18-12(17)9-2-6-15(7-3-9)11(16)10-8-13-4-5-14-10/h4-5,8-9H,2-3,6-7H2,1H3. The third-order valence-electron chi connectivity index (χ3n) is 3.10. The molecule has 0 unspecified atom stereocenters. The first-order valence-corrected chi connectivity index (χ1v) is 5.85. The maximum Gasteiger partial charge on any atom is 0.308 e. The molecular weight excluding hydrogens is 234 g/mol. The average molecular weight is 249 g/mol. The fourth-order valence-electron chi connectivity index (χ4n) is 2.06. The van der Waals surface area contributed by atoms with Crippen molar-refractivity contribution < 1.29 is 14.3 Å². The summed E-state index contributed by atoms with van der Waals surface area (Å²) in [5.41, 5.74) is 0.342. The van der Waals surface area contributed by atoms with Gasteiger partial charge in [0.1, 0.15) is 5.69 Å². The Morgan fingerprint density at radius 3 is 2.61 bits per heavy atom. The lowest BCUT2D eigenvalue weighted by Crippen LogP contribution is -2.40. The monoisotopic (exact) mass is 249 g/mol. The van der Waals surface area contributed by atoms with E-state index in [9.17, 15) is 9.59 Å². The number of ether oxygens (including phenoxy) is 1. The summed E-state index contributed by atoms with van der Waals surface area (Å²) >= 11 is 0. The third-order valence-corrected chi connectivity index (χ3v) is 3.10. The summed E-state index contributed by atoms with van der Waals surface area (Å²) in [4.78, 5) is 33.0. The second-order valence-corrected chi connectivity index (χ2v) is 4.18. The highest BCUT2D eigenvalue weighted by molar-refractivity contribution is 5.92. The highest BCUT2D eigenvalue weighted by Gasteiger charge is 2.28. The van der Waals surface area contributed by atoms with Crippen molar-refractivity contribution in [1.82, 2.24) is 14.9 Å². The number of hydrogen-bond donors (Lipinski definition) is 0. The quantitative estimate of drug-likeness (QED) is 0.714. The first-order valence-electron chi connectivity index (χ1n) is 5.85. The molecule has 2 rings (SSSR count). The van der Waals surface area contributed by atoms with E-state index >= 15 is 0 Å². The fourth-order valence-corrected chi connectivity index (χ4v) is 2.06. The van der Waals surface area contributed by atoms with Gasteiger partial charge in [0.15, 0.2) is 0 Å². The number of esters is 1. The van der Waals surface area contributed by atoms with E-state index in [0.717, 1.165) is 0 Å². The van der Waals surface area contributed by atoms with Crippen LogP contribution >= 0.6 is 0 Å². The number of methoxy groups -OCH3 is 1. The Kier molecular flexibility index (Phi) is 3.86. The molecule has 6 nitrogen and oxygen atoms in total. The van der Waals surface area contributed by atoms with Crippen molar-refractivity contribution in [2.45, 2.75) is 12.8 Å². The fraction of sp³-hybridized carbons (Fsp3) is 0.500. The summed E-state index contributed by atoms with van der Waals surface area (Å²) in [5, 5.41) is 0. The minimum absolute atomic E-state index is 0.0964. The Labute approximate surface area is 105 Å². The zero-order chi connectivity index (χ0) is 13.0. The molecular formula is C12H15N3O3. The highest BCUT2D eigenvalue weighted by atomic mass is 16.5. The molecule has 0 radical (unpaired) electrons. The van der Waals surface area contributed by atoms with Gasteiger partial charge >= 0.3 is 5.97 Å². The predicted molar refractivity (Wildman–Crippen MR) is 62.7 cm³/mol. The summed E-state index contributed by atoms with van der Waals surface area (Å²) in [7, 11) is 1.39. The van der Waals surface area contributed by atoms with Gasteiger partial charge in [-0.05, 0) is 12.8 Å². The Morgan fingerprint density at radius 1 is 1.33 bits per heavy atom. The van der Waals surface area contributed by atoms with Gasteiger partial charge in [-0.25, -0.2) is 4.98 Å². The molecule has 1 fully saturated rings. The SMILES string of the molecule is COC(=O)C1CCN(C(=O)c2cnccn2)CC1. The normalized spacial score (nSPS) is 16.4. The summed E-state index contributed by atoms with van der Waals surface area (Å²) in [6.45, 7) is 1.10. The Bertz CT molecular complexity index is 427. The van der Waals surface area contributed by atoms with E-state index in [0.29, 0.717) is 31.6 Å². The summed E-state index contributed by atoms with van der Waals surface area (Å²) in [5.74, 6) is -0.422. The first kappa shape index (κ1) is 12.5. The van der Waals surface area contributed by atoms with Crippen LogP contribution < -0.4 is 0 Å². The van der Waals surface area contributed by atoms with E-state index in [1.54, 1.807) is 4.90 Å². The van der Waals surface area contributed by atoms with Crippen LogP contribution in [0.25, 0.3) is 0 Å². The topological polar surface area (TPSA) is 72.4 Å². The molecule has 0 aromatic carbocycles. The Balaban J connectivity index is 1.94. The summed E-state index contributed by atoms with van der Waals surface area (Å²) < 4.78 is 4.71. The zero-order valence-electron chi connectivity index (χ0n) is 10.2. The molecule has 1 aromatic rings. The van der Waals surface area contributed by atoms with Crippen LogP contribution in [0.2, 0.25) is 0 Å². The van der Waals surface area contributed by atoms with Crippen LogP contribution in [-0.4, -0.2) is 46.9 Å². The van der Waals surface area contributed by atoms with Crippen LogP contribution in [0, 0.1) is 5.92 Å². The van der Waals surface area contributed by atoms with Crippen molar-refractivity contribution in [2.75, 3.05) is 20.2 Å². The molecule has 0 N–H and O–H groups in total.